The zero-order chi connectivity index (χ0) is 11.5. The minimum absolute atomic E-state index is 1.07. The topological polar surface area (TPSA) is 16.8 Å². The van der Waals surface area contributed by atoms with E-state index in [1.807, 2.05) is 29.2 Å². The van der Waals surface area contributed by atoms with Gasteiger partial charge in [-0.2, -0.15) is 0 Å². The summed E-state index contributed by atoms with van der Waals surface area (Å²) in [6, 6.07) is 4.00. The fraction of sp³-hybridized carbons (Fsp3) is 0.714. The van der Waals surface area contributed by atoms with Crippen molar-refractivity contribution in [3.05, 3.63) is 24.5 Å². The van der Waals surface area contributed by atoms with E-state index in [1.54, 1.807) is 0 Å². The summed E-state index contributed by atoms with van der Waals surface area (Å²) in [5.41, 5.74) is 0. The van der Waals surface area contributed by atoms with Gasteiger partial charge in [0.2, 0.25) is 0 Å². The first-order chi connectivity index (χ1) is 7.93. The van der Waals surface area contributed by atoms with Crippen LogP contribution < -0.4 is 4.68 Å². The van der Waals surface area contributed by atoms with Crippen molar-refractivity contribution in [2.24, 2.45) is 0 Å². The molecule has 0 spiro atoms. The minimum atomic E-state index is 1.07. The number of hydrogen-bond donors (Lipinski definition) is 0. The summed E-state index contributed by atoms with van der Waals surface area (Å²) in [5, 5.41) is 4.25. The Morgan fingerprint density at radius 2 is 1.56 bits per heavy atom. The number of nitrogens with zero attached hydrogens (tertiary/aromatic N) is 2. The van der Waals surface area contributed by atoms with Gasteiger partial charge in [-0.05, 0) is 17.6 Å². The number of aromatic nitrogens is 2. The molecular weight excluding hydrogens is 196 g/mol. The number of rotatable bonds is 9. The molecule has 1 rings (SSSR count). The smallest absolute Gasteiger partial charge is 0.0913 e. The van der Waals surface area contributed by atoms with Crippen molar-refractivity contribution in [1.29, 1.82) is 0 Å². The lowest BCUT2D eigenvalue weighted by molar-refractivity contribution is -0.754. The molecule has 2 heteroatoms. The van der Waals surface area contributed by atoms with Gasteiger partial charge in [0.05, 0.1) is 6.20 Å². The van der Waals surface area contributed by atoms with Crippen LogP contribution in [0.1, 0.15) is 58.3 Å². The average molecular weight is 221 g/mol. The first-order valence-corrected chi connectivity index (χ1v) is 6.74. The summed E-state index contributed by atoms with van der Waals surface area (Å²) < 4.78 is 2.02. The molecule has 0 saturated heterocycles. The Morgan fingerprint density at radius 1 is 0.875 bits per heavy atom. The molecule has 0 N–H and O–H groups in total. The third-order valence-electron chi connectivity index (χ3n) is 2.91. The largest absolute Gasteiger partial charge is 0.196 e. The zero-order valence-corrected chi connectivity index (χ0v) is 10.6. The van der Waals surface area contributed by atoms with Crippen LogP contribution >= 0.6 is 0 Å². The van der Waals surface area contributed by atoms with Gasteiger partial charge in [-0.25, -0.2) is 0 Å². The highest BCUT2D eigenvalue weighted by molar-refractivity contribution is 4.76. The number of unbranched alkanes of at least 4 members (excludes halogenated alkanes) is 7. The van der Waals surface area contributed by atoms with Gasteiger partial charge in [0.25, 0.3) is 0 Å². The molecule has 0 aromatic carbocycles. The van der Waals surface area contributed by atoms with Crippen LogP contribution in [-0.4, -0.2) is 5.10 Å². The molecule has 90 valence electrons. The Balaban J connectivity index is 1.89. The Morgan fingerprint density at radius 3 is 2.19 bits per heavy atom. The molecule has 1 heterocycles. The van der Waals surface area contributed by atoms with Crippen LogP contribution in [0.25, 0.3) is 0 Å². The Bertz CT molecular complexity index is 246. The molecule has 0 aliphatic rings. The van der Waals surface area contributed by atoms with E-state index in [1.165, 1.54) is 51.4 Å². The quantitative estimate of drug-likeness (QED) is 0.460. The zero-order valence-electron chi connectivity index (χ0n) is 10.6. The van der Waals surface area contributed by atoms with Gasteiger partial charge in [-0.3, -0.25) is 0 Å². The maximum atomic E-state index is 4.25. The minimum Gasteiger partial charge on any atom is -0.0913 e. The van der Waals surface area contributed by atoms with Gasteiger partial charge in [-0.15, -0.1) is 0 Å². The van der Waals surface area contributed by atoms with Crippen molar-refractivity contribution in [2.45, 2.75) is 64.8 Å². The molecule has 0 aliphatic heterocycles. The molecule has 0 bridgehead atoms. The second-order valence-corrected chi connectivity index (χ2v) is 4.44. The summed E-state index contributed by atoms with van der Waals surface area (Å²) >= 11 is 0. The van der Waals surface area contributed by atoms with E-state index in [0.29, 0.717) is 0 Å². The van der Waals surface area contributed by atoms with E-state index in [9.17, 15) is 0 Å². The third kappa shape index (κ3) is 6.54. The van der Waals surface area contributed by atoms with Gasteiger partial charge in [0.1, 0.15) is 0 Å². The molecule has 1 aromatic heterocycles. The van der Waals surface area contributed by atoms with Gasteiger partial charge in [-0.1, -0.05) is 50.1 Å². The molecule has 0 saturated carbocycles. The van der Waals surface area contributed by atoms with Crippen LogP contribution in [0.15, 0.2) is 24.5 Å². The van der Waals surface area contributed by atoms with Crippen molar-refractivity contribution in [2.75, 3.05) is 0 Å². The average Bonchev–Trinajstić information content (AvgIpc) is 2.34. The normalized spacial score (nSPS) is 10.6. The van der Waals surface area contributed by atoms with Crippen molar-refractivity contribution >= 4 is 0 Å². The van der Waals surface area contributed by atoms with Crippen LogP contribution in [0, 0.1) is 0 Å². The van der Waals surface area contributed by atoms with E-state index in [4.69, 9.17) is 0 Å². The Hall–Kier alpha value is -0.920. The molecule has 0 unspecified atom stereocenters. The maximum Gasteiger partial charge on any atom is 0.196 e. The molecular formula is C14H25N2+. The summed E-state index contributed by atoms with van der Waals surface area (Å²) in [4.78, 5) is 0. The number of aryl methyl sites for hydroxylation is 1. The summed E-state index contributed by atoms with van der Waals surface area (Å²) in [6.45, 7) is 3.33. The number of hydrogen-bond acceptors (Lipinski definition) is 1. The molecule has 0 atom stereocenters. The van der Waals surface area contributed by atoms with E-state index in [-0.39, 0.29) is 0 Å². The highest BCUT2D eigenvalue weighted by Gasteiger charge is 1.99. The Labute approximate surface area is 99.7 Å². The summed E-state index contributed by atoms with van der Waals surface area (Å²) in [6.07, 6.45) is 14.9. The van der Waals surface area contributed by atoms with Crippen LogP contribution in [-0.2, 0) is 6.54 Å². The van der Waals surface area contributed by atoms with Crippen LogP contribution in [0.5, 0.6) is 0 Å². The summed E-state index contributed by atoms with van der Waals surface area (Å²) in [5.74, 6) is 0. The monoisotopic (exact) mass is 221 g/mol. The SMILES string of the molecule is CCCCCCCCCC[n+]1ccccn1. The molecule has 1 aromatic rings. The molecule has 0 radical (unpaired) electrons. The predicted molar refractivity (Wildman–Crippen MR) is 67.0 cm³/mol. The van der Waals surface area contributed by atoms with Crippen molar-refractivity contribution in [3.8, 4) is 0 Å². The fourth-order valence-electron chi connectivity index (χ4n) is 1.90. The Kier molecular flexibility index (Phi) is 7.65. The highest BCUT2D eigenvalue weighted by Crippen LogP contribution is 2.07. The molecule has 0 fully saturated rings. The van der Waals surface area contributed by atoms with Crippen molar-refractivity contribution in [1.82, 2.24) is 5.10 Å². The van der Waals surface area contributed by atoms with Gasteiger partial charge in [0, 0.05) is 12.5 Å². The van der Waals surface area contributed by atoms with Gasteiger partial charge >= 0.3 is 0 Å². The first kappa shape index (κ1) is 13.1. The van der Waals surface area contributed by atoms with Gasteiger partial charge < -0.3 is 0 Å². The lowest BCUT2D eigenvalue weighted by Crippen LogP contribution is -2.36. The molecule has 16 heavy (non-hydrogen) atoms. The predicted octanol–water partition coefficient (Wildman–Crippen LogP) is 3.51. The molecule has 2 nitrogen and oxygen atoms in total. The van der Waals surface area contributed by atoms with E-state index >= 15 is 0 Å². The molecule has 0 aliphatic carbocycles. The fourth-order valence-corrected chi connectivity index (χ4v) is 1.90. The first-order valence-electron chi connectivity index (χ1n) is 6.74. The van der Waals surface area contributed by atoms with Crippen molar-refractivity contribution < 1.29 is 4.68 Å². The second-order valence-electron chi connectivity index (χ2n) is 4.44. The third-order valence-corrected chi connectivity index (χ3v) is 2.91. The van der Waals surface area contributed by atoms with Gasteiger partial charge in [0.15, 0.2) is 12.7 Å². The standard InChI is InChI=1S/C14H25N2/c1-2-3-4-5-6-7-8-10-13-16-14-11-9-12-15-16/h9,11-12,14H,2-8,10,13H2,1H3/q+1. The van der Waals surface area contributed by atoms with Crippen molar-refractivity contribution in [3.63, 3.8) is 0 Å². The molecule has 0 amide bonds. The van der Waals surface area contributed by atoms with Crippen LogP contribution in [0.3, 0.4) is 0 Å². The highest BCUT2D eigenvalue weighted by atomic mass is 15.2. The lowest BCUT2D eigenvalue weighted by atomic mass is 10.1. The van der Waals surface area contributed by atoms with E-state index in [2.05, 4.69) is 12.0 Å². The maximum absolute atomic E-state index is 4.25. The summed E-state index contributed by atoms with van der Waals surface area (Å²) in [7, 11) is 0. The van der Waals surface area contributed by atoms with E-state index < -0.39 is 0 Å². The lowest BCUT2D eigenvalue weighted by Gasteiger charge is -1.99. The second kappa shape index (κ2) is 9.32. The van der Waals surface area contributed by atoms with Crippen LogP contribution in [0.2, 0.25) is 0 Å². The van der Waals surface area contributed by atoms with Crippen LogP contribution in [0.4, 0.5) is 0 Å². The van der Waals surface area contributed by atoms with E-state index in [0.717, 1.165) is 6.54 Å².